The predicted molar refractivity (Wildman–Crippen MR) is 62.0 cm³/mol. The van der Waals surface area contributed by atoms with Crippen LogP contribution in [0.2, 0.25) is 0 Å². The third kappa shape index (κ3) is 3.76. The zero-order valence-corrected chi connectivity index (χ0v) is 9.78. The Kier molecular flexibility index (Phi) is 4.18. The van der Waals surface area contributed by atoms with Gasteiger partial charge in [-0.3, -0.25) is 4.79 Å². The second-order valence-electron chi connectivity index (χ2n) is 4.99. The van der Waals surface area contributed by atoms with Crippen molar-refractivity contribution in [3.8, 4) is 0 Å². The first-order valence-corrected chi connectivity index (χ1v) is 6.42. The molecular weight excluding hydrogens is 204 g/mol. The molecule has 0 aromatic carbocycles. The summed E-state index contributed by atoms with van der Waals surface area (Å²) in [7, 11) is 0. The highest BCUT2D eigenvalue weighted by atomic mass is 16.5. The van der Waals surface area contributed by atoms with Crippen molar-refractivity contribution in [2.45, 2.75) is 63.1 Å². The van der Waals surface area contributed by atoms with Crippen LogP contribution >= 0.6 is 0 Å². The summed E-state index contributed by atoms with van der Waals surface area (Å²) < 4.78 is 5.77. The van der Waals surface area contributed by atoms with Gasteiger partial charge in [0.15, 0.2) is 0 Å². The lowest BCUT2D eigenvalue weighted by Crippen LogP contribution is -2.46. The van der Waals surface area contributed by atoms with E-state index in [0.717, 1.165) is 25.7 Å². The number of hydrogen-bond acceptors (Lipinski definition) is 3. The van der Waals surface area contributed by atoms with Crippen LogP contribution in [0, 0.1) is 0 Å². The molecule has 2 aliphatic carbocycles. The Morgan fingerprint density at radius 2 is 1.94 bits per heavy atom. The van der Waals surface area contributed by atoms with E-state index in [4.69, 9.17) is 10.5 Å². The summed E-state index contributed by atoms with van der Waals surface area (Å²) in [5.74, 6) is -0.289. The van der Waals surface area contributed by atoms with Crippen LogP contribution in [-0.4, -0.2) is 30.7 Å². The largest absolute Gasteiger partial charge is 0.376 e. The van der Waals surface area contributed by atoms with Crippen molar-refractivity contribution in [1.29, 1.82) is 0 Å². The van der Waals surface area contributed by atoms with E-state index in [1.54, 1.807) is 0 Å². The summed E-state index contributed by atoms with van der Waals surface area (Å²) in [5.41, 5.74) is 5.35. The standard InChI is InChI=1S/C12H22N2O2/c13-12(15)11(14-9-6-7-9)8-16-10-4-2-1-3-5-10/h9-11,14H,1-8H2,(H2,13,15). The average molecular weight is 226 g/mol. The van der Waals surface area contributed by atoms with Gasteiger partial charge in [-0.05, 0) is 25.7 Å². The minimum atomic E-state index is -0.297. The Bertz CT molecular complexity index is 235. The first-order chi connectivity index (χ1) is 7.75. The summed E-state index contributed by atoms with van der Waals surface area (Å²) in [6.45, 7) is 0.441. The van der Waals surface area contributed by atoms with Crippen LogP contribution in [0.15, 0.2) is 0 Å². The minimum absolute atomic E-state index is 0.289. The topological polar surface area (TPSA) is 64.4 Å². The number of hydrogen-bond donors (Lipinski definition) is 2. The normalized spacial score (nSPS) is 24.2. The molecule has 1 atom stereocenters. The Morgan fingerprint density at radius 1 is 1.25 bits per heavy atom. The number of amides is 1. The van der Waals surface area contributed by atoms with Crippen molar-refractivity contribution in [3.63, 3.8) is 0 Å². The monoisotopic (exact) mass is 226 g/mol. The molecule has 1 unspecified atom stereocenters. The molecule has 0 aliphatic heterocycles. The van der Waals surface area contributed by atoms with E-state index in [2.05, 4.69) is 5.32 Å². The average Bonchev–Trinajstić information content (AvgIpc) is 3.09. The van der Waals surface area contributed by atoms with Crippen LogP contribution in [0.3, 0.4) is 0 Å². The third-order valence-corrected chi connectivity index (χ3v) is 3.41. The maximum atomic E-state index is 11.2. The second kappa shape index (κ2) is 5.64. The minimum Gasteiger partial charge on any atom is -0.376 e. The summed E-state index contributed by atoms with van der Waals surface area (Å²) in [4.78, 5) is 11.2. The van der Waals surface area contributed by atoms with Gasteiger partial charge in [-0.25, -0.2) is 0 Å². The summed E-state index contributed by atoms with van der Waals surface area (Å²) in [6, 6.07) is 0.196. The summed E-state index contributed by atoms with van der Waals surface area (Å²) in [6.07, 6.45) is 8.75. The van der Waals surface area contributed by atoms with Gasteiger partial charge in [-0.2, -0.15) is 0 Å². The Hall–Kier alpha value is -0.610. The third-order valence-electron chi connectivity index (χ3n) is 3.41. The molecule has 4 nitrogen and oxygen atoms in total. The van der Waals surface area contributed by atoms with Crippen LogP contribution < -0.4 is 11.1 Å². The lowest BCUT2D eigenvalue weighted by Gasteiger charge is -2.24. The van der Waals surface area contributed by atoms with Gasteiger partial charge >= 0.3 is 0 Å². The molecule has 0 heterocycles. The molecule has 0 aromatic heterocycles. The fourth-order valence-corrected chi connectivity index (χ4v) is 2.21. The van der Waals surface area contributed by atoms with Crippen LogP contribution in [-0.2, 0) is 9.53 Å². The van der Waals surface area contributed by atoms with Crippen LogP contribution in [0.5, 0.6) is 0 Å². The van der Waals surface area contributed by atoms with Crippen molar-refractivity contribution in [3.05, 3.63) is 0 Å². The van der Waals surface area contributed by atoms with E-state index < -0.39 is 0 Å². The molecular formula is C12H22N2O2. The molecule has 0 saturated heterocycles. The highest BCUT2D eigenvalue weighted by Crippen LogP contribution is 2.22. The van der Waals surface area contributed by atoms with E-state index in [-0.39, 0.29) is 11.9 Å². The van der Waals surface area contributed by atoms with Crippen molar-refractivity contribution >= 4 is 5.91 Å². The van der Waals surface area contributed by atoms with Gasteiger partial charge in [0.25, 0.3) is 0 Å². The van der Waals surface area contributed by atoms with E-state index in [1.165, 1.54) is 19.3 Å². The van der Waals surface area contributed by atoms with Gasteiger partial charge in [0.05, 0.1) is 12.7 Å². The molecule has 16 heavy (non-hydrogen) atoms. The molecule has 2 rings (SSSR count). The SMILES string of the molecule is NC(=O)C(COC1CCCCC1)NC1CC1. The van der Waals surface area contributed by atoms with Crippen molar-refractivity contribution in [2.24, 2.45) is 5.73 Å². The van der Waals surface area contributed by atoms with Gasteiger partial charge in [0.1, 0.15) is 6.04 Å². The van der Waals surface area contributed by atoms with Gasteiger partial charge in [-0.15, -0.1) is 0 Å². The number of primary amides is 1. The van der Waals surface area contributed by atoms with Gasteiger partial charge in [0.2, 0.25) is 5.91 Å². The second-order valence-corrected chi connectivity index (χ2v) is 4.99. The van der Waals surface area contributed by atoms with Crippen LogP contribution in [0.4, 0.5) is 0 Å². The number of rotatable bonds is 6. The summed E-state index contributed by atoms with van der Waals surface area (Å²) >= 11 is 0. The van der Waals surface area contributed by atoms with E-state index in [9.17, 15) is 4.79 Å². The quantitative estimate of drug-likeness (QED) is 0.708. The molecule has 0 spiro atoms. The Morgan fingerprint density at radius 3 is 2.50 bits per heavy atom. The maximum Gasteiger partial charge on any atom is 0.236 e. The molecule has 2 aliphatic rings. The number of nitrogens with two attached hydrogens (primary N) is 1. The molecule has 0 aromatic rings. The number of carbonyl (C=O) groups is 1. The lowest BCUT2D eigenvalue weighted by atomic mass is 9.98. The van der Waals surface area contributed by atoms with Crippen LogP contribution in [0.25, 0.3) is 0 Å². The Balaban J connectivity index is 1.69. The first kappa shape index (κ1) is 11.9. The van der Waals surface area contributed by atoms with E-state index >= 15 is 0 Å². The molecule has 92 valence electrons. The van der Waals surface area contributed by atoms with Gasteiger partial charge < -0.3 is 15.8 Å². The molecule has 0 radical (unpaired) electrons. The first-order valence-electron chi connectivity index (χ1n) is 6.42. The van der Waals surface area contributed by atoms with E-state index in [1.807, 2.05) is 0 Å². The molecule has 3 N–H and O–H groups in total. The smallest absolute Gasteiger partial charge is 0.236 e. The molecule has 4 heteroatoms. The maximum absolute atomic E-state index is 11.2. The van der Waals surface area contributed by atoms with Crippen molar-refractivity contribution < 1.29 is 9.53 Å². The highest BCUT2D eigenvalue weighted by molar-refractivity contribution is 5.80. The molecule has 0 bridgehead atoms. The van der Waals surface area contributed by atoms with E-state index in [0.29, 0.717) is 18.8 Å². The van der Waals surface area contributed by atoms with Gasteiger partial charge in [-0.1, -0.05) is 19.3 Å². The van der Waals surface area contributed by atoms with Gasteiger partial charge in [0, 0.05) is 6.04 Å². The molecule has 2 fully saturated rings. The van der Waals surface area contributed by atoms with Crippen molar-refractivity contribution in [2.75, 3.05) is 6.61 Å². The molecule has 1 amide bonds. The zero-order valence-electron chi connectivity index (χ0n) is 9.78. The summed E-state index contributed by atoms with van der Waals surface area (Å²) in [5, 5.41) is 3.23. The highest BCUT2D eigenvalue weighted by Gasteiger charge is 2.28. The predicted octanol–water partition coefficient (Wildman–Crippen LogP) is 0.942. The van der Waals surface area contributed by atoms with Crippen LogP contribution in [0.1, 0.15) is 44.9 Å². The zero-order chi connectivity index (χ0) is 11.4. The Labute approximate surface area is 96.9 Å². The number of ether oxygens (including phenoxy) is 1. The number of nitrogens with one attached hydrogen (secondary N) is 1. The number of carbonyl (C=O) groups excluding carboxylic acids is 1. The fraction of sp³-hybridized carbons (Fsp3) is 0.917. The lowest BCUT2D eigenvalue weighted by molar-refractivity contribution is -0.122. The fourth-order valence-electron chi connectivity index (χ4n) is 2.21. The van der Waals surface area contributed by atoms with Crippen molar-refractivity contribution in [1.82, 2.24) is 5.32 Å². The molecule has 2 saturated carbocycles.